The normalized spacial score (nSPS) is 17.5. The van der Waals surface area contributed by atoms with Gasteiger partial charge in [0.1, 0.15) is 10.7 Å². The van der Waals surface area contributed by atoms with Crippen LogP contribution in [0.5, 0.6) is 0 Å². The van der Waals surface area contributed by atoms with Crippen LogP contribution in [0.15, 0.2) is 27.6 Å². The van der Waals surface area contributed by atoms with Crippen LogP contribution in [0.25, 0.3) is 0 Å². The van der Waals surface area contributed by atoms with E-state index in [1.54, 1.807) is 19.9 Å². The van der Waals surface area contributed by atoms with Crippen molar-refractivity contribution in [1.29, 1.82) is 0 Å². The Bertz CT molecular complexity index is 806. The number of nitrogens with one attached hydrogen (secondary N) is 1. The molecule has 0 unspecified atom stereocenters. The number of aryl methyl sites for hydroxylation is 2. The van der Waals surface area contributed by atoms with Gasteiger partial charge in [-0.1, -0.05) is 30.1 Å². The second-order valence-electron chi connectivity index (χ2n) is 5.92. The molecule has 3 rings (SSSR count). The molecule has 8 heteroatoms. The number of rotatable bonds is 4. The van der Waals surface area contributed by atoms with Crippen LogP contribution in [0.4, 0.5) is 4.39 Å². The van der Waals surface area contributed by atoms with Gasteiger partial charge in [0.2, 0.25) is 15.9 Å². The zero-order valence-electron chi connectivity index (χ0n) is 13.0. The third-order valence-corrected chi connectivity index (χ3v) is 5.89. The first kappa shape index (κ1) is 16.1. The highest BCUT2D eigenvalue weighted by atomic mass is 32.2. The Morgan fingerprint density at radius 3 is 2.52 bits per heavy atom. The SMILES string of the molecule is Cc1nc(C2(NS(=O)(=O)c3c(C)cccc3F)CCCC2)no1. The summed E-state index contributed by atoms with van der Waals surface area (Å²) in [6.45, 7) is 3.21. The highest BCUT2D eigenvalue weighted by Gasteiger charge is 2.44. The predicted octanol–water partition coefficient (Wildman–Crippen LogP) is 2.57. The molecule has 23 heavy (non-hydrogen) atoms. The minimum atomic E-state index is -4.05. The van der Waals surface area contributed by atoms with E-state index in [2.05, 4.69) is 14.9 Å². The predicted molar refractivity (Wildman–Crippen MR) is 80.6 cm³/mol. The summed E-state index contributed by atoms with van der Waals surface area (Å²) in [5.74, 6) is -0.0902. The van der Waals surface area contributed by atoms with Gasteiger partial charge >= 0.3 is 0 Å². The Labute approximate surface area is 134 Å². The maximum atomic E-state index is 14.1. The number of halogens is 1. The fourth-order valence-corrected chi connectivity index (χ4v) is 4.84. The number of nitrogens with zero attached hydrogens (tertiary/aromatic N) is 2. The molecule has 0 aliphatic heterocycles. The van der Waals surface area contributed by atoms with Gasteiger partial charge in [-0.15, -0.1) is 0 Å². The van der Waals surface area contributed by atoms with Gasteiger partial charge in [0, 0.05) is 6.92 Å². The largest absolute Gasteiger partial charge is 0.340 e. The molecular weight excluding hydrogens is 321 g/mol. The number of hydrogen-bond acceptors (Lipinski definition) is 5. The highest BCUT2D eigenvalue weighted by Crippen LogP contribution is 2.39. The molecule has 1 saturated carbocycles. The summed E-state index contributed by atoms with van der Waals surface area (Å²) >= 11 is 0. The van der Waals surface area contributed by atoms with E-state index in [1.807, 2.05) is 0 Å². The van der Waals surface area contributed by atoms with Gasteiger partial charge < -0.3 is 4.52 Å². The summed E-state index contributed by atoms with van der Waals surface area (Å²) in [6.07, 6.45) is 2.79. The first-order valence-electron chi connectivity index (χ1n) is 7.44. The van der Waals surface area contributed by atoms with Gasteiger partial charge in [0.25, 0.3) is 0 Å². The van der Waals surface area contributed by atoms with E-state index in [9.17, 15) is 12.8 Å². The summed E-state index contributed by atoms with van der Waals surface area (Å²) < 4.78 is 47.3. The van der Waals surface area contributed by atoms with Crippen molar-refractivity contribution < 1.29 is 17.3 Å². The van der Waals surface area contributed by atoms with Gasteiger partial charge in [-0.25, -0.2) is 12.8 Å². The minimum absolute atomic E-state index is 0.310. The zero-order chi connectivity index (χ0) is 16.7. The summed E-state index contributed by atoms with van der Waals surface area (Å²) in [6, 6.07) is 4.19. The average molecular weight is 339 g/mol. The summed E-state index contributed by atoms with van der Waals surface area (Å²) in [7, 11) is -4.05. The third-order valence-electron chi connectivity index (χ3n) is 4.18. The lowest BCUT2D eigenvalue weighted by Gasteiger charge is -2.26. The monoisotopic (exact) mass is 339 g/mol. The van der Waals surface area contributed by atoms with Crippen LogP contribution in [-0.4, -0.2) is 18.6 Å². The van der Waals surface area contributed by atoms with E-state index >= 15 is 0 Å². The first-order valence-corrected chi connectivity index (χ1v) is 8.92. The van der Waals surface area contributed by atoms with Gasteiger partial charge in [-0.3, -0.25) is 0 Å². The molecule has 0 radical (unpaired) electrons. The number of hydrogen-bond donors (Lipinski definition) is 1. The van der Waals surface area contributed by atoms with Crippen molar-refractivity contribution in [3.63, 3.8) is 0 Å². The molecule has 124 valence electrons. The average Bonchev–Trinajstić information content (AvgIpc) is 3.08. The minimum Gasteiger partial charge on any atom is -0.340 e. The molecule has 1 N–H and O–H groups in total. The molecule has 1 aliphatic carbocycles. The quantitative estimate of drug-likeness (QED) is 0.925. The third kappa shape index (κ3) is 2.88. The second kappa shape index (κ2) is 5.68. The highest BCUT2D eigenvalue weighted by molar-refractivity contribution is 7.89. The number of benzene rings is 1. The van der Waals surface area contributed by atoms with Gasteiger partial charge in [-0.05, 0) is 31.4 Å². The summed E-state index contributed by atoms with van der Waals surface area (Å²) in [5.41, 5.74) is -0.583. The van der Waals surface area contributed by atoms with E-state index in [0.717, 1.165) is 18.9 Å². The molecule has 1 heterocycles. The molecule has 1 aliphatic rings. The molecule has 0 bridgehead atoms. The van der Waals surface area contributed by atoms with Crippen LogP contribution in [0.3, 0.4) is 0 Å². The van der Waals surface area contributed by atoms with Crippen LogP contribution >= 0.6 is 0 Å². The van der Waals surface area contributed by atoms with Crippen LogP contribution in [0.1, 0.15) is 43.0 Å². The molecule has 0 spiro atoms. The van der Waals surface area contributed by atoms with Crippen molar-refractivity contribution in [3.8, 4) is 0 Å². The Balaban J connectivity index is 2.04. The van der Waals surface area contributed by atoms with E-state index in [-0.39, 0.29) is 4.90 Å². The van der Waals surface area contributed by atoms with E-state index in [1.165, 1.54) is 6.07 Å². The Morgan fingerprint density at radius 2 is 1.96 bits per heavy atom. The molecule has 6 nitrogen and oxygen atoms in total. The van der Waals surface area contributed by atoms with Crippen LogP contribution in [-0.2, 0) is 15.6 Å². The van der Waals surface area contributed by atoms with Gasteiger partial charge in [-0.2, -0.15) is 9.71 Å². The van der Waals surface area contributed by atoms with E-state index in [4.69, 9.17) is 4.52 Å². The Morgan fingerprint density at radius 1 is 1.26 bits per heavy atom. The molecule has 0 atom stereocenters. The van der Waals surface area contributed by atoms with E-state index in [0.29, 0.717) is 30.1 Å². The molecule has 1 aromatic heterocycles. The topological polar surface area (TPSA) is 85.1 Å². The smallest absolute Gasteiger partial charge is 0.244 e. The fourth-order valence-electron chi connectivity index (χ4n) is 3.11. The standard InChI is InChI=1S/C15H18FN3O3S/c1-10-6-5-7-12(16)13(10)23(20,21)19-15(8-3-4-9-15)14-17-11(2)22-18-14/h5-7,19H,3-4,8-9H2,1-2H3. The number of sulfonamides is 1. The van der Waals surface area contributed by atoms with Crippen molar-refractivity contribution in [1.82, 2.24) is 14.9 Å². The summed E-state index contributed by atoms with van der Waals surface area (Å²) in [5, 5.41) is 3.89. The van der Waals surface area contributed by atoms with Crippen molar-refractivity contribution in [2.24, 2.45) is 0 Å². The lowest BCUT2D eigenvalue weighted by atomic mass is 9.98. The lowest BCUT2D eigenvalue weighted by molar-refractivity contribution is 0.337. The number of aromatic nitrogens is 2. The maximum Gasteiger partial charge on any atom is 0.244 e. The molecular formula is C15H18FN3O3S. The van der Waals surface area contributed by atoms with Crippen molar-refractivity contribution >= 4 is 10.0 Å². The van der Waals surface area contributed by atoms with E-state index < -0.39 is 21.4 Å². The molecule has 0 saturated heterocycles. The van der Waals surface area contributed by atoms with Crippen molar-refractivity contribution in [2.45, 2.75) is 50.0 Å². The Kier molecular flexibility index (Phi) is 3.97. The fraction of sp³-hybridized carbons (Fsp3) is 0.467. The lowest BCUT2D eigenvalue weighted by Crippen LogP contribution is -2.45. The maximum absolute atomic E-state index is 14.1. The molecule has 0 amide bonds. The van der Waals surface area contributed by atoms with Crippen LogP contribution in [0.2, 0.25) is 0 Å². The molecule has 2 aromatic rings. The van der Waals surface area contributed by atoms with Gasteiger partial charge in [0.05, 0.1) is 5.54 Å². The Hall–Kier alpha value is -1.80. The first-order chi connectivity index (χ1) is 10.8. The second-order valence-corrected chi connectivity index (χ2v) is 7.54. The van der Waals surface area contributed by atoms with Gasteiger partial charge in [0.15, 0.2) is 5.82 Å². The van der Waals surface area contributed by atoms with Crippen molar-refractivity contribution in [2.75, 3.05) is 0 Å². The van der Waals surface area contributed by atoms with Crippen LogP contribution < -0.4 is 4.72 Å². The summed E-state index contributed by atoms with van der Waals surface area (Å²) in [4.78, 5) is 3.86. The van der Waals surface area contributed by atoms with Crippen molar-refractivity contribution in [3.05, 3.63) is 41.3 Å². The molecule has 1 aromatic carbocycles. The molecule has 1 fully saturated rings. The van der Waals surface area contributed by atoms with Crippen LogP contribution in [0, 0.1) is 19.7 Å². The zero-order valence-corrected chi connectivity index (χ0v) is 13.8.